The van der Waals surface area contributed by atoms with Crippen molar-refractivity contribution >= 4 is 16.8 Å². The second kappa shape index (κ2) is 7.40. The third-order valence-corrected chi connectivity index (χ3v) is 3.83. The van der Waals surface area contributed by atoms with E-state index in [-0.39, 0.29) is 11.7 Å². The van der Waals surface area contributed by atoms with Gasteiger partial charge in [-0.15, -0.1) is 0 Å². The van der Waals surface area contributed by atoms with Crippen molar-refractivity contribution in [3.05, 3.63) is 54.2 Å². The Morgan fingerprint density at radius 2 is 2.08 bits per heavy atom. The van der Waals surface area contributed by atoms with Crippen molar-refractivity contribution < 1.29 is 9.18 Å². The molecule has 0 radical (unpaired) electrons. The van der Waals surface area contributed by atoms with Crippen LogP contribution in [0.5, 0.6) is 0 Å². The molecule has 0 spiro atoms. The molecule has 0 unspecified atom stereocenters. The summed E-state index contributed by atoms with van der Waals surface area (Å²) in [6.45, 7) is 1.46. The molecule has 0 bridgehead atoms. The molecule has 6 nitrogen and oxygen atoms in total. The Labute approximate surface area is 145 Å². The van der Waals surface area contributed by atoms with Crippen LogP contribution in [0.25, 0.3) is 16.6 Å². The average molecular weight is 341 g/mol. The smallest absolute Gasteiger partial charge is 0.255 e. The van der Waals surface area contributed by atoms with Crippen LogP contribution in [0, 0.1) is 5.82 Å². The summed E-state index contributed by atoms with van der Waals surface area (Å²) in [6.07, 6.45) is 5.63. The molecule has 1 amide bonds. The zero-order chi connectivity index (χ0) is 17.8. The number of nitrogens with one attached hydrogen (secondary N) is 1. The molecule has 0 atom stereocenters. The van der Waals surface area contributed by atoms with Crippen LogP contribution in [0.4, 0.5) is 4.39 Å². The van der Waals surface area contributed by atoms with Crippen molar-refractivity contribution in [3.63, 3.8) is 0 Å². The standard InChI is InChI=1S/C18H20FN5O/c1-23(2)9-5-8-21-18(25)14-11-20-10-13-12-24(22-17(13)14)16-7-4-3-6-15(16)19/h3-4,6-7,10-12H,5,8-9H2,1-2H3,(H,21,25). The molecule has 3 aromatic rings. The van der Waals surface area contributed by atoms with Crippen molar-refractivity contribution in [1.82, 2.24) is 25.0 Å². The highest BCUT2D eigenvalue weighted by molar-refractivity contribution is 6.04. The number of pyridine rings is 1. The van der Waals surface area contributed by atoms with Crippen LogP contribution in [0.2, 0.25) is 0 Å². The molecular formula is C18H20FN5O. The molecule has 1 N–H and O–H groups in total. The Morgan fingerprint density at radius 3 is 2.84 bits per heavy atom. The molecule has 7 heteroatoms. The van der Waals surface area contributed by atoms with E-state index >= 15 is 0 Å². The number of carbonyl (C=O) groups is 1. The maximum Gasteiger partial charge on any atom is 0.255 e. The van der Waals surface area contributed by atoms with E-state index in [0.29, 0.717) is 28.7 Å². The minimum atomic E-state index is -0.377. The van der Waals surface area contributed by atoms with Gasteiger partial charge < -0.3 is 10.2 Å². The molecule has 2 aromatic heterocycles. The SMILES string of the molecule is CN(C)CCCNC(=O)c1cncc2cn(-c3ccccc3F)nc12. The lowest BCUT2D eigenvalue weighted by molar-refractivity contribution is 0.0953. The van der Waals surface area contributed by atoms with Crippen LogP contribution in [-0.2, 0) is 0 Å². The van der Waals surface area contributed by atoms with E-state index in [2.05, 4.69) is 20.3 Å². The van der Waals surface area contributed by atoms with Crippen LogP contribution in [0.1, 0.15) is 16.8 Å². The van der Waals surface area contributed by atoms with E-state index in [4.69, 9.17) is 0 Å². The van der Waals surface area contributed by atoms with Gasteiger partial charge >= 0.3 is 0 Å². The van der Waals surface area contributed by atoms with Crippen LogP contribution in [0.3, 0.4) is 0 Å². The highest BCUT2D eigenvalue weighted by Crippen LogP contribution is 2.19. The number of nitrogens with zero attached hydrogens (tertiary/aromatic N) is 4. The molecule has 25 heavy (non-hydrogen) atoms. The first-order chi connectivity index (χ1) is 12.1. The molecule has 0 aliphatic heterocycles. The largest absolute Gasteiger partial charge is 0.352 e. The lowest BCUT2D eigenvalue weighted by atomic mass is 10.2. The summed E-state index contributed by atoms with van der Waals surface area (Å²) in [5.41, 5.74) is 1.22. The van der Waals surface area contributed by atoms with Gasteiger partial charge in [-0.05, 0) is 39.2 Å². The number of para-hydroxylation sites is 1. The van der Waals surface area contributed by atoms with Crippen molar-refractivity contribution in [2.75, 3.05) is 27.2 Å². The van der Waals surface area contributed by atoms with Crippen LogP contribution in [0.15, 0.2) is 42.9 Å². The van der Waals surface area contributed by atoms with Gasteiger partial charge in [0.15, 0.2) is 0 Å². The highest BCUT2D eigenvalue weighted by atomic mass is 19.1. The fourth-order valence-corrected chi connectivity index (χ4v) is 2.56. The fraction of sp³-hybridized carbons (Fsp3) is 0.278. The third kappa shape index (κ3) is 3.83. The van der Waals surface area contributed by atoms with Gasteiger partial charge in [-0.1, -0.05) is 12.1 Å². The fourth-order valence-electron chi connectivity index (χ4n) is 2.56. The first-order valence-electron chi connectivity index (χ1n) is 8.07. The van der Waals surface area contributed by atoms with Crippen molar-refractivity contribution in [2.45, 2.75) is 6.42 Å². The van der Waals surface area contributed by atoms with E-state index in [9.17, 15) is 9.18 Å². The van der Waals surface area contributed by atoms with Crippen LogP contribution >= 0.6 is 0 Å². The summed E-state index contributed by atoms with van der Waals surface area (Å²) in [5.74, 6) is -0.603. The predicted octanol–water partition coefficient (Wildman–Crippen LogP) is 2.24. The Bertz CT molecular complexity index is 890. The summed E-state index contributed by atoms with van der Waals surface area (Å²) >= 11 is 0. The van der Waals surface area contributed by atoms with Gasteiger partial charge in [-0.3, -0.25) is 9.78 Å². The van der Waals surface area contributed by atoms with Gasteiger partial charge in [-0.2, -0.15) is 5.10 Å². The van der Waals surface area contributed by atoms with Crippen molar-refractivity contribution in [2.24, 2.45) is 0 Å². The van der Waals surface area contributed by atoms with Gasteiger partial charge in [-0.25, -0.2) is 9.07 Å². The number of halogens is 1. The van der Waals surface area contributed by atoms with Crippen molar-refractivity contribution in [1.29, 1.82) is 0 Å². The predicted molar refractivity (Wildman–Crippen MR) is 94.3 cm³/mol. The Kier molecular flexibility index (Phi) is 5.04. The summed E-state index contributed by atoms with van der Waals surface area (Å²) in [4.78, 5) is 18.6. The minimum Gasteiger partial charge on any atom is -0.352 e. The summed E-state index contributed by atoms with van der Waals surface area (Å²) in [7, 11) is 3.98. The van der Waals surface area contributed by atoms with Gasteiger partial charge in [0.25, 0.3) is 5.91 Å². The summed E-state index contributed by atoms with van der Waals surface area (Å²) < 4.78 is 15.4. The molecule has 0 fully saturated rings. The van der Waals surface area contributed by atoms with Gasteiger partial charge in [0.1, 0.15) is 17.0 Å². The molecule has 0 saturated heterocycles. The topological polar surface area (TPSA) is 63.1 Å². The minimum absolute atomic E-state index is 0.226. The molecule has 1 aromatic carbocycles. The van der Waals surface area contributed by atoms with E-state index in [1.807, 2.05) is 14.1 Å². The number of hydrogen-bond donors (Lipinski definition) is 1. The average Bonchev–Trinajstić information content (AvgIpc) is 3.02. The number of fused-ring (bicyclic) bond motifs is 1. The summed E-state index contributed by atoms with van der Waals surface area (Å²) in [5, 5.41) is 7.95. The van der Waals surface area contributed by atoms with Gasteiger partial charge in [0.2, 0.25) is 0 Å². The van der Waals surface area contributed by atoms with E-state index in [0.717, 1.165) is 13.0 Å². The molecule has 0 aliphatic rings. The highest BCUT2D eigenvalue weighted by Gasteiger charge is 2.15. The Balaban J connectivity index is 1.85. The number of amides is 1. The lowest BCUT2D eigenvalue weighted by Gasteiger charge is -2.09. The van der Waals surface area contributed by atoms with E-state index in [1.54, 1.807) is 30.6 Å². The number of aromatic nitrogens is 3. The first kappa shape index (κ1) is 17.0. The Hall–Kier alpha value is -2.80. The second-order valence-electron chi connectivity index (χ2n) is 6.06. The number of hydrogen-bond acceptors (Lipinski definition) is 4. The quantitative estimate of drug-likeness (QED) is 0.699. The molecule has 0 aliphatic carbocycles. The number of benzene rings is 1. The monoisotopic (exact) mass is 341 g/mol. The normalized spacial score (nSPS) is 11.2. The van der Waals surface area contributed by atoms with E-state index < -0.39 is 0 Å². The molecular weight excluding hydrogens is 321 g/mol. The zero-order valence-corrected chi connectivity index (χ0v) is 14.2. The van der Waals surface area contributed by atoms with Gasteiger partial charge in [0.05, 0.1) is 5.56 Å². The third-order valence-electron chi connectivity index (χ3n) is 3.83. The lowest BCUT2D eigenvalue weighted by Crippen LogP contribution is -2.27. The molecule has 3 rings (SSSR count). The summed E-state index contributed by atoms with van der Waals surface area (Å²) in [6, 6.07) is 6.37. The second-order valence-corrected chi connectivity index (χ2v) is 6.06. The first-order valence-corrected chi connectivity index (χ1v) is 8.07. The number of rotatable bonds is 6. The molecule has 0 saturated carbocycles. The number of carbonyl (C=O) groups excluding carboxylic acids is 1. The van der Waals surface area contributed by atoms with Crippen LogP contribution < -0.4 is 5.32 Å². The Morgan fingerprint density at radius 1 is 1.28 bits per heavy atom. The van der Waals surface area contributed by atoms with E-state index in [1.165, 1.54) is 16.9 Å². The molecule has 130 valence electrons. The maximum atomic E-state index is 14.0. The van der Waals surface area contributed by atoms with Crippen molar-refractivity contribution in [3.8, 4) is 5.69 Å². The van der Waals surface area contributed by atoms with Gasteiger partial charge in [0, 0.05) is 30.5 Å². The molecule has 2 heterocycles. The van der Waals surface area contributed by atoms with Crippen LogP contribution in [-0.4, -0.2) is 52.8 Å². The zero-order valence-electron chi connectivity index (χ0n) is 14.2. The maximum absolute atomic E-state index is 14.0.